The molecule has 1 atom stereocenters. The molecule has 0 radical (unpaired) electrons. The molecular weight excluding hydrogens is 455 g/mol. The Hall–Kier alpha value is -2.14. The van der Waals surface area contributed by atoms with E-state index in [0.29, 0.717) is 5.92 Å². The molecule has 1 unspecified atom stereocenters. The normalized spacial score (nSPS) is 17.5. The fourth-order valence-electron chi connectivity index (χ4n) is 3.13. The number of aliphatic imine (C=N–C) groups is 1. The van der Waals surface area contributed by atoms with Gasteiger partial charge < -0.3 is 4.90 Å². The summed E-state index contributed by atoms with van der Waals surface area (Å²) >= 11 is 2.34. The Morgan fingerprint density at radius 1 is 1.00 bits per heavy atom. The zero-order valence-electron chi connectivity index (χ0n) is 16.7. The second-order valence-electron chi connectivity index (χ2n) is 7.33. The average molecular weight is 482 g/mol. The molecular formula is C25H27IN2. The number of nitrogens with zero attached hydrogens (tertiary/aromatic N) is 2. The van der Waals surface area contributed by atoms with Crippen LogP contribution in [-0.4, -0.2) is 23.8 Å². The highest BCUT2D eigenvalue weighted by molar-refractivity contribution is 14.1. The Bertz CT molecular complexity index is 890. The first kappa shape index (κ1) is 20.6. The van der Waals surface area contributed by atoms with Gasteiger partial charge in [-0.15, -0.1) is 0 Å². The predicted molar refractivity (Wildman–Crippen MR) is 129 cm³/mol. The lowest BCUT2D eigenvalue weighted by atomic mass is 10.0. The highest BCUT2D eigenvalue weighted by Crippen LogP contribution is 2.27. The topological polar surface area (TPSA) is 15.6 Å². The molecule has 28 heavy (non-hydrogen) atoms. The summed E-state index contributed by atoms with van der Waals surface area (Å²) in [6.07, 6.45) is 12.0. The summed E-state index contributed by atoms with van der Waals surface area (Å²) in [7, 11) is 2.13. The Morgan fingerprint density at radius 2 is 1.71 bits per heavy atom. The molecule has 1 aliphatic rings. The minimum atomic E-state index is 0.269. The van der Waals surface area contributed by atoms with Crippen molar-refractivity contribution in [2.45, 2.75) is 26.3 Å². The van der Waals surface area contributed by atoms with E-state index in [0.717, 1.165) is 29.1 Å². The molecule has 144 valence electrons. The highest BCUT2D eigenvalue weighted by Gasteiger charge is 2.23. The highest BCUT2D eigenvalue weighted by atomic mass is 127. The number of amidine groups is 1. The first-order valence-corrected chi connectivity index (χ1v) is 10.8. The van der Waals surface area contributed by atoms with Crippen LogP contribution < -0.4 is 0 Å². The van der Waals surface area contributed by atoms with Crippen LogP contribution in [0.4, 0.5) is 0 Å². The van der Waals surface area contributed by atoms with Crippen molar-refractivity contribution in [3.05, 3.63) is 99.7 Å². The van der Waals surface area contributed by atoms with E-state index in [1.807, 2.05) is 6.07 Å². The zero-order valence-corrected chi connectivity index (χ0v) is 18.9. The van der Waals surface area contributed by atoms with Crippen LogP contribution in [0.5, 0.6) is 0 Å². The van der Waals surface area contributed by atoms with Crippen molar-refractivity contribution in [2.75, 3.05) is 7.05 Å². The van der Waals surface area contributed by atoms with E-state index in [9.17, 15) is 0 Å². The molecule has 1 aliphatic heterocycles. The van der Waals surface area contributed by atoms with E-state index >= 15 is 0 Å². The lowest BCUT2D eigenvalue weighted by Gasteiger charge is -2.32. The van der Waals surface area contributed by atoms with Gasteiger partial charge in [-0.25, -0.2) is 4.99 Å². The number of likely N-dealkylation sites (N-methyl/N-ethyl adjacent to an activating group) is 1. The third-order valence-corrected chi connectivity index (χ3v) is 5.42. The Kier molecular flexibility index (Phi) is 7.26. The SMILES string of the molecule is CC(C)/C=C\C=C/CC1C=C(c2ccc(I)cc2)N=C(c2ccccc2)N1C. The predicted octanol–water partition coefficient (Wildman–Crippen LogP) is 6.55. The van der Waals surface area contributed by atoms with Crippen LogP contribution in [0.3, 0.4) is 0 Å². The molecule has 1 heterocycles. The summed E-state index contributed by atoms with van der Waals surface area (Å²) < 4.78 is 1.23. The van der Waals surface area contributed by atoms with Crippen molar-refractivity contribution in [2.24, 2.45) is 10.9 Å². The molecule has 2 nitrogen and oxygen atoms in total. The number of benzene rings is 2. The Balaban J connectivity index is 1.91. The van der Waals surface area contributed by atoms with Gasteiger partial charge in [0.05, 0.1) is 11.7 Å². The third-order valence-electron chi connectivity index (χ3n) is 4.70. The van der Waals surface area contributed by atoms with Gasteiger partial charge in [-0.3, -0.25) is 0 Å². The van der Waals surface area contributed by atoms with Gasteiger partial charge in [-0.05, 0) is 53.1 Å². The molecule has 0 spiro atoms. The lowest BCUT2D eigenvalue weighted by Crippen LogP contribution is -2.38. The maximum absolute atomic E-state index is 5.01. The second-order valence-corrected chi connectivity index (χ2v) is 8.58. The van der Waals surface area contributed by atoms with Crippen molar-refractivity contribution < 1.29 is 0 Å². The smallest absolute Gasteiger partial charge is 0.136 e. The summed E-state index contributed by atoms with van der Waals surface area (Å²) in [6.45, 7) is 4.38. The fraction of sp³-hybridized carbons (Fsp3) is 0.240. The van der Waals surface area contributed by atoms with Crippen LogP contribution in [0.15, 0.2) is 90.0 Å². The van der Waals surface area contributed by atoms with Crippen LogP contribution in [0.1, 0.15) is 31.4 Å². The van der Waals surface area contributed by atoms with E-state index in [1.54, 1.807) is 0 Å². The van der Waals surface area contributed by atoms with Crippen molar-refractivity contribution in [1.82, 2.24) is 4.90 Å². The minimum Gasteiger partial charge on any atom is -0.352 e. The summed E-state index contributed by atoms with van der Waals surface area (Å²) in [6, 6.07) is 19.3. The van der Waals surface area contributed by atoms with E-state index in [-0.39, 0.29) is 6.04 Å². The summed E-state index contributed by atoms with van der Waals surface area (Å²) in [5.41, 5.74) is 3.36. The van der Waals surface area contributed by atoms with Gasteiger partial charge in [0.1, 0.15) is 5.84 Å². The van der Waals surface area contributed by atoms with E-state index in [4.69, 9.17) is 4.99 Å². The van der Waals surface area contributed by atoms with Gasteiger partial charge in [-0.2, -0.15) is 0 Å². The van der Waals surface area contributed by atoms with Crippen molar-refractivity contribution in [3.63, 3.8) is 0 Å². The number of rotatable bonds is 6. The molecule has 2 aromatic rings. The Labute approximate surface area is 182 Å². The van der Waals surface area contributed by atoms with Gasteiger partial charge in [0.15, 0.2) is 0 Å². The molecule has 0 saturated carbocycles. The number of allylic oxidation sites excluding steroid dienone is 3. The quantitative estimate of drug-likeness (QED) is 0.337. The first-order chi connectivity index (χ1) is 13.5. The number of halogens is 1. The zero-order chi connectivity index (χ0) is 19.9. The molecule has 3 heteroatoms. The van der Waals surface area contributed by atoms with E-state index in [2.05, 4.69) is 127 Å². The van der Waals surface area contributed by atoms with Gasteiger partial charge in [0.2, 0.25) is 0 Å². The molecule has 0 aromatic heterocycles. The van der Waals surface area contributed by atoms with Crippen molar-refractivity contribution in [1.29, 1.82) is 0 Å². The van der Waals surface area contributed by atoms with Gasteiger partial charge in [0, 0.05) is 21.7 Å². The number of hydrogen-bond donors (Lipinski definition) is 0. The Morgan fingerprint density at radius 3 is 2.39 bits per heavy atom. The lowest BCUT2D eigenvalue weighted by molar-refractivity contribution is 0.424. The molecule has 2 aromatic carbocycles. The van der Waals surface area contributed by atoms with Crippen LogP contribution in [0.25, 0.3) is 5.70 Å². The van der Waals surface area contributed by atoms with Crippen molar-refractivity contribution >= 4 is 34.1 Å². The minimum absolute atomic E-state index is 0.269. The maximum Gasteiger partial charge on any atom is 0.136 e. The third kappa shape index (κ3) is 5.44. The van der Waals surface area contributed by atoms with Gasteiger partial charge in [0.25, 0.3) is 0 Å². The summed E-state index contributed by atoms with van der Waals surface area (Å²) in [5, 5.41) is 0. The first-order valence-electron chi connectivity index (χ1n) is 9.72. The van der Waals surface area contributed by atoms with Gasteiger partial charge >= 0.3 is 0 Å². The molecule has 0 saturated heterocycles. The molecule has 0 amide bonds. The van der Waals surface area contributed by atoms with Crippen LogP contribution in [0.2, 0.25) is 0 Å². The average Bonchev–Trinajstić information content (AvgIpc) is 2.70. The fourth-order valence-corrected chi connectivity index (χ4v) is 3.49. The molecule has 0 N–H and O–H groups in total. The largest absolute Gasteiger partial charge is 0.352 e. The van der Waals surface area contributed by atoms with Crippen molar-refractivity contribution in [3.8, 4) is 0 Å². The van der Waals surface area contributed by atoms with E-state index in [1.165, 1.54) is 3.57 Å². The summed E-state index contributed by atoms with van der Waals surface area (Å²) in [5.74, 6) is 1.60. The van der Waals surface area contributed by atoms with Gasteiger partial charge in [-0.1, -0.05) is 80.6 Å². The van der Waals surface area contributed by atoms with E-state index < -0.39 is 0 Å². The summed E-state index contributed by atoms with van der Waals surface area (Å²) in [4.78, 5) is 7.29. The maximum atomic E-state index is 5.01. The van der Waals surface area contributed by atoms with Crippen LogP contribution in [0, 0.1) is 9.49 Å². The van der Waals surface area contributed by atoms with Crippen LogP contribution in [-0.2, 0) is 0 Å². The molecule has 0 bridgehead atoms. The standard InChI is InChI=1S/C25H27IN2/c1-19(2)10-6-4-9-13-23-18-24(20-14-16-22(26)17-15-20)27-25(28(23)3)21-11-7-5-8-12-21/h4-12,14-19,23H,13H2,1-3H3/b9-4-,10-6-. The second kappa shape index (κ2) is 9.87. The monoisotopic (exact) mass is 482 g/mol. The molecule has 3 rings (SSSR count). The van der Waals surface area contributed by atoms with Crippen LogP contribution >= 0.6 is 22.6 Å². The number of hydrogen-bond acceptors (Lipinski definition) is 2. The molecule has 0 fully saturated rings. The molecule has 0 aliphatic carbocycles.